The fraction of sp³-hybridized carbons (Fsp3) is 0.857. The largest absolute Gasteiger partial charge is 0.444 e. The third-order valence-corrected chi connectivity index (χ3v) is 3.03. The molecule has 0 aromatic carbocycles. The first-order valence-electron chi connectivity index (χ1n) is 7.21. The van der Waals surface area contributed by atoms with Gasteiger partial charge in [-0.15, -0.1) is 0 Å². The maximum Gasteiger partial charge on any atom is 0.407 e. The molecule has 1 heterocycles. The summed E-state index contributed by atoms with van der Waals surface area (Å²) in [7, 11) is 1.88. The van der Waals surface area contributed by atoms with Crippen LogP contribution in [0.4, 0.5) is 4.79 Å². The molecule has 0 unspecified atom stereocenters. The van der Waals surface area contributed by atoms with Crippen molar-refractivity contribution < 1.29 is 14.3 Å². The lowest BCUT2D eigenvalue weighted by molar-refractivity contribution is -0.131. The Morgan fingerprint density at radius 2 is 1.85 bits per heavy atom. The molecule has 0 aromatic heterocycles. The molecule has 1 rings (SSSR count). The minimum absolute atomic E-state index is 0.169. The number of carbonyl (C=O) groups excluding carboxylic acids is 2. The summed E-state index contributed by atoms with van der Waals surface area (Å²) in [6.45, 7) is 8.73. The van der Waals surface area contributed by atoms with Gasteiger partial charge in [0, 0.05) is 26.2 Å². The molecule has 6 nitrogen and oxygen atoms in total. The zero-order valence-corrected chi connectivity index (χ0v) is 13.1. The summed E-state index contributed by atoms with van der Waals surface area (Å²) in [6.07, 6.45) is 1.79. The molecule has 1 aliphatic rings. The van der Waals surface area contributed by atoms with Crippen molar-refractivity contribution in [1.82, 2.24) is 15.1 Å². The molecular weight excluding hydrogens is 258 g/mol. The van der Waals surface area contributed by atoms with Gasteiger partial charge in [0.2, 0.25) is 5.91 Å². The van der Waals surface area contributed by atoms with Crippen LogP contribution in [0.2, 0.25) is 0 Å². The molecule has 116 valence electrons. The average molecular weight is 285 g/mol. The summed E-state index contributed by atoms with van der Waals surface area (Å²) in [6, 6.07) is 0. The quantitative estimate of drug-likeness (QED) is 0.820. The van der Waals surface area contributed by atoms with Crippen LogP contribution in [-0.4, -0.2) is 67.2 Å². The first-order valence-corrected chi connectivity index (χ1v) is 7.21. The average Bonchev–Trinajstić information content (AvgIpc) is 2.79. The number of hydrogen-bond acceptors (Lipinski definition) is 4. The van der Waals surface area contributed by atoms with Gasteiger partial charge < -0.3 is 15.0 Å². The van der Waals surface area contributed by atoms with E-state index in [0.29, 0.717) is 19.6 Å². The van der Waals surface area contributed by atoms with Crippen molar-refractivity contribution in [1.29, 1.82) is 0 Å². The lowest BCUT2D eigenvalue weighted by atomic mass is 10.2. The highest BCUT2D eigenvalue weighted by Gasteiger charge is 2.19. The predicted molar refractivity (Wildman–Crippen MR) is 77.5 cm³/mol. The maximum absolute atomic E-state index is 11.9. The molecule has 1 fully saturated rings. The molecule has 0 aromatic rings. The number of likely N-dealkylation sites (N-methyl/N-ethyl adjacent to an activating group) is 1. The summed E-state index contributed by atoms with van der Waals surface area (Å²) in [5.74, 6) is 0.169. The molecule has 0 atom stereocenters. The number of hydrogen-bond donors (Lipinski definition) is 1. The van der Waals surface area contributed by atoms with Crippen molar-refractivity contribution in [3.63, 3.8) is 0 Å². The van der Waals surface area contributed by atoms with E-state index in [1.54, 1.807) is 0 Å². The van der Waals surface area contributed by atoms with E-state index in [-0.39, 0.29) is 5.91 Å². The fourth-order valence-corrected chi connectivity index (χ4v) is 2.04. The summed E-state index contributed by atoms with van der Waals surface area (Å²) < 4.78 is 5.14. The number of ether oxygens (including phenoxy) is 1. The molecule has 0 radical (unpaired) electrons. The van der Waals surface area contributed by atoms with E-state index in [9.17, 15) is 9.59 Å². The second-order valence-electron chi connectivity index (χ2n) is 6.25. The molecule has 0 aliphatic carbocycles. The lowest BCUT2D eigenvalue weighted by Gasteiger charge is -2.22. The van der Waals surface area contributed by atoms with E-state index in [1.807, 2.05) is 37.6 Å². The SMILES string of the molecule is CN(CCNC(=O)OC(C)(C)C)CC(=O)N1CCCC1. The predicted octanol–water partition coefficient (Wildman–Crippen LogP) is 1.07. The second-order valence-corrected chi connectivity index (χ2v) is 6.25. The van der Waals surface area contributed by atoms with Gasteiger partial charge in [0.1, 0.15) is 5.60 Å². The summed E-state index contributed by atoms with van der Waals surface area (Å²) in [5.41, 5.74) is -0.484. The molecule has 1 saturated heterocycles. The van der Waals surface area contributed by atoms with Crippen LogP contribution in [0.25, 0.3) is 0 Å². The first kappa shape index (κ1) is 16.8. The normalized spacial score (nSPS) is 15.6. The van der Waals surface area contributed by atoms with Crippen molar-refractivity contribution in [2.75, 3.05) is 39.8 Å². The Kier molecular flexibility index (Phi) is 6.26. The Labute approximate surface area is 121 Å². The van der Waals surface area contributed by atoms with Crippen LogP contribution >= 0.6 is 0 Å². The molecule has 1 N–H and O–H groups in total. The van der Waals surface area contributed by atoms with E-state index in [1.165, 1.54) is 0 Å². The topological polar surface area (TPSA) is 61.9 Å². The number of nitrogens with zero attached hydrogens (tertiary/aromatic N) is 2. The minimum Gasteiger partial charge on any atom is -0.444 e. The number of carbonyl (C=O) groups is 2. The van der Waals surface area contributed by atoms with E-state index < -0.39 is 11.7 Å². The Morgan fingerprint density at radius 3 is 2.40 bits per heavy atom. The third-order valence-electron chi connectivity index (χ3n) is 3.03. The Hall–Kier alpha value is -1.30. The van der Waals surface area contributed by atoms with Crippen LogP contribution in [0, 0.1) is 0 Å². The molecule has 2 amide bonds. The fourth-order valence-electron chi connectivity index (χ4n) is 2.04. The van der Waals surface area contributed by atoms with Gasteiger partial charge in [-0.25, -0.2) is 4.79 Å². The van der Waals surface area contributed by atoms with E-state index in [4.69, 9.17) is 4.74 Å². The lowest BCUT2D eigenvalue weighted by Crippen LogP contribution is -2.41. The smallest absolute Gasteiger partial charge is 0.407 e. The van der Waals surface area contributed by atoms with Crippen LogP contribution in [0.5, 0.6) is 0 Å². The monoisotopic (exact) mass is 285 g/mol. The van der Waals surface area contributed by atoms with Gasteiger partial charge in [-0.3, -0.25) is 9.69 Å². The van der Waals surface area contributed by atoms with Gasteiger partial charge in [-0.2, -0.15) is 0 Å². The maximum atomic E-state index is 11.9. The first-order chi connectivity index (χ1) is 9.28. The summed E-state index contributed by atoms with van der Waals surface area (Å²) in [4.78, 5) is 27.2. The number of rotatable bonds is 5. The van der Waals surface area contributed by atoms with E-state index >= 15 is 0 Å². The zero-order chi connectivity index (χ0) is 15.2. The van der Waals surface area contributed by atoms with Crippen molar-refractivity contribution in [2.24, 2.45) is 0 Å². The van der Waals surface area contributed by atoms with Gasteiger partial charge in [0.15, 0.2) is 0 Å². The van der Waals surface area contributed by atoms with Gasteiger partial charge >= 0.3 is 6.09 Å². The van der Waals surface area contributed by atoms with Gasteiger partial charge in [0.25, 0.3) is 0 Å². The van der Waals surface area contributed by atoms with Gasteiger partial charge in [-0.05, 0) is 40.7 Å². The molecule has 1 aliphatic heterocycles. The number of likely N-dealkylation sites (tertiary alicyclic amines) is 1. The zero-order valence-electron chi connectivity index (χ0n) is 13.1. The van der Waals surface area contributed by atoms with Crippen LogP contribution in [0.1, 0.15) is 33.6 Å². The third kappa shape index (κ3) is 6.75. The van der Waals surface area contributed by atoms with Crippen molar-refractivity contribution in [3.8, 4) is 0 Å². The Bertz CT molecular complexity index is 333. The highest BCUT2D eigenvalue weighted by Crippen LogP contribution is 2.08. The molecule has 0 saturated carbocycles. The van der Waals surface area contributed by atoms with Gasteiger partial charge in [-0.1, -0.05) is 0 Å². The van der Waals surface area contributed by atoms with Crippen molar-refractivity contribution in [2.45, 2.75) is 39.2 Å². The van der Waals surface area contributed by atoms with Crippen LogP contribution in [0.3, 0.4) is 0 Å². The van der Waals surface area contributed by atoms with E-state index in [2.05, 4.69) is 5.32 Å². The Morgan fingerprint density at radius 1 is 1.25 bits per heavy atom. The molecule has 0 spiro atoms. The molecular formula is C14H27N3O3. The molecule has 0 bridgehead atoms. The Balaban J connectivity index is 2.15. The van der Waals surface area contributed by atoms with Crippen LogP contribution in [0.15, 0.2) is 0 Å². The number of alkyl carbamates (subject to hydrolysis) is 1. The van der Waals surface area contributed by atoms with E-state index in [0.717, 1.165) is 25.9 Å². The molecule has 20 heavy (non-hydrogen) atoms. The van der Waals surface area contributed by atoms with Crippen molar-refractivity contribution in [3.05, 3.63) is 0 Å². The molecule has 6 heteroatoms. The highest BCUT2D eigenvalue weighted by atomic mass is 16.6. The van der Waals surface area contributed by atoms with Crippen LogP contribution < -0.4 is 5.32 Å². The highest BCUT2D eigenvalue weighted by molar-refractivity contribution is 5.78. The number of nitrogens with one attached hydrogen (secondary N) is 1. The van der Waals surface area contributed by atoms with Crippen molar-refractivity contribution >= 4 is 12.0 Å². The van der Waals surface area contributed by atoms with Gasteiger partial charge in [0.05, 0.1) is 6.54 Å². The second kappa shape index (κ2) is 7.47. The minimum atomic E-state index is -0.484. The summed E-state index contributed by atoms with van der Waals surface area (Å²) >= 11 is 0. The standard InChI is InChI=1S/C14H27N3O3/c1-14(2,3)20-13(19)15-7-10-16(4)11-12(18)17-8-5-6-9-17/h5-11H2,1-4H3,(H,15,19). The number of amides is 2. The summed E-state index contributed by atoms with van der Waals surface area (Å²) in [5, 5.41) is 2.69. The van der Waals surface area contributed by atoms with Crippen LogP contribution in [-0.2, 0) is 9.53 Å².